The molecular formula is C22H26FN3O4. The Hall–Kier alpha value is -3.00. The van der Waals surface area contributed by atoms with Gasteiger partial charge in [-0.3, -0.25) is 9.59 Å². The molecule has 1 aliphatic rings. The quantitative estimate of drug-likeness (QED) is 0.663. The topological polar surface area (TPSA) is 75.3 Å². The Kier molecular flexibility index (Phi) is 6.99. The van der Waals surface area contributed by atoms with Crippen LogP contribution >= 0.6 is 0 Å². The van der Waals surface area contributed by atoms with Crippen LogP contribution in [-0.2, 0) is 14.3 Å². The first kappa shape index (κ1) is 21.7. The monoisotopic (exact) mass is 415 g/mol. The van der Waals surface area contributed by atoms with Crippen LogP contribution < -0.4 is 0 Å². The molecule has 2 heterocycles. The van der Waals surface area contributed by atoms with E-state index in [0.29, 0.717) is 31.0 Å². The van der Waals surface area contributed by atoms with E-state index in [1.807, 2.05) is 0 Å². The van der Waals surface area contributed by atoms with Crippen molar-refractivity contribution in [2.75, 3.05) is 26.8 Å². The summed E-state index contributed by atoms with van der Waals surface area (Å²) in [4.78, 5) is 27.2. The Morgan fingerprint density at radius 2 is 2.03 bits per heavy atom. The van der Waals surface area contributed by atoms with E-state index in [2.05, 4.69) is 5.10 Å². The molecular weight excluding hydrogens is 389 g/mol. The lowest BCUT2D eigenvalue weighted by atomic mass is 10.0. The Morgan fingerprint density at radius 3 is 2.63 bits per heavy atom. The Balaban J connectivity index is 1.85. The second kappa shape index (κ2) is 9.67. The summed E-state index contributed by atoms with van der Waals surface area (Å²) < 4.78 is 23.9. The summed E-state index contributed by atoms with van der Waals surface area (Å²) in [7, 11) is 1.55. The molecule has 0 radical (unpaired) electrons. The van der Waals surface area contributed by atoms with E-state index >= 15 is 0 Å². The van der Waals surface area contributed by atoms with Gasteiger partial charge in [0, 0.05) is 26.0 Å². The minimum absolute atomic E-state index is 0.113. The molecule has 0 N–H and O–H groups in total. The van der Waals surface area contributed by atoms with E-state index in [1.54, 1.807) is 51.5 Å². The minimum Gasteiger partial charge on any atom is -0.467 e. The molecule has 1 aliphatic heterocycles. The number of benzene rings is 1. The predicted molar refractivity (Wildman–Crippen MR) is 109 cm³/mol. The van der Waals surface area contributed by atoms with Gasteiger partial charge in [-0.2, -0.15) is 5.10 Å². The number of nitrogens with zero attached hydrogens (tertiary/aromatic N) is 3. The molecule has 160 valence electrons. The highest BCUT2D eigenvalue weighted by Crippen LogP contribution is 2.33. The molecule has 0 unspecified atom stereocenters. The molecule has 8 heteroatoms. The molecule has 2 aromatic rings. The normalized spacial score (nSPS) is 16.1. The minimum atomic E-state index is -0.425. The van der Waals surface area contributed by atoms with Crippen molar-refractivity contribution in [3.63, 3.8) is 0 Å². The third-order valence-corrected chi connectivity index (χ3v) is 4.91. The molecule has 0 aliphatic carbocycles. The third kappa shape index (κ3) is 4.94. The summed E-state index contributed by atoms with van der Waals surface area (Å²) in [6.07, 6.45) is 1.97. The second-order valence-corrected chi connectivity index (χ2v) is 7.43. The predicted octanol–water partition coefficient (Wildman–Crippen LogP) is 3.23. The number of hydrogen-bond donors (Lipinski definition) is 0. The summed E-state index contributed by atoms with van der Waals surface area (Å²) in [6, 6.07) is 9.10. The summed E-state index contributed by atoms with van der Waals surface area (Å²) in [5.74, 6) is -0.431. The van der Waals surface area contributed by atoms with Crippen molar-refractivity contribution in [1.82, 2.24) is 9.91 Å². The SMILES string of the molecule is COCCN(CC(=O)N1N=C(c2ccc(F)cc2)C[C@@H]1c1ccco1)C(=O)C(C)C. The number of halogens is 1. The summed E-state index contributed by atoms with van der Waals surface area (Å²) >= 11 is 0. The maximum Gasteiger partial charge on any atom is 0.262 e. The fourth-order valence-corrected chi connectivity index (χ4v) is 3.33. The summed E-state index contributed by atoms with van der Waals surface area (Å²) in [5.41, 5.74) is 1.39. The van der Waals surface area contributed by atoms with Crippen LogP contribution in [0.5, 0.6) is 0 Å². The van der Waals surface area contributed by atoms with Crippen molar-refractivity contribution < 1.29 is 23.1 Å². The van der Waals surface area contributed by atoms with Crippen LogP contribution in [0.15, 0.2) is 52.2 Å². The van der Waals surface area contributed by atoms with Gasteiger partial charge in [0.2, 0.25) is 5.91 Å². The molecule has 0 saturated heterocycles. The highest BCUT2D eigenvalue weighted by molar-refractivity contribution is 6.03. The standard InChI is InChI=1S/C22H26FN3O4/c1-15(2)22(28)25(10-12-29-3)14-21(27)26-19(20-5-4-11-30-20)13-18(24-26)16-6-8-17(23)9-7-16/h4-9,11,15,19H,10,12-14H2,1-3H3/t19-/m1/s1. The molecule has 2 amide bonds. The number of methoxy groups -OCH3 is 1. The van der Waals surface area contributed by atoms with E-state index in [-0.39, 0.29) is 30.1 Å². The molecule has 1 aromatic heterocycles. The Morgan fingerprint density at radius 1 is 1.30 bits per heavy atom. The number of ether oxygens (including phenoxy) is 1. The first-order chi connectivity index (χ1) is 14.4. The molecule has 0 saturated carbocycles. The Labute approximate surface area is 175 Å². The van der Waals surface area contributed by atoms with Gasteiger partial charge >= 0.3 is 0 Å². The first-order valence-corrected chi connectivity index (χ1v) is 9.87. The van der Waals surface area contributed by atoms with E-state index in [9.17, 15) is 14.0 Å². The largest absolute Gasteiger partial charge is 0.467 e. The van der Waals surface area contributed by atoms with Gasteiger partial charge in [-0.1, -0.05) is 26.0 Å². The molecule has 0 bridgehead atoms. The molecule has 3 rings (SSSR count). The average Bonchev–Trinajstić information content (AvgIpc) is 3.40. The highest BCUT2D eigenvalue weighted by atomic mass is 19.1. The van der Waals surface area contributed by atoms with Crippen LogP contribution in [-0.4, -0.2) is 54.2 Å². The zero-order valence-electron chi connectivity index (χ0n) is 17.4. The van der Waals surface area contributed by atoms with Crippen molar-refractivity contribution in [3.05, 3.63) is 59.8 Å². The molecule has 1 atom stereocenters. The molecule has 30 heavy (non-hydrogen) atoms. The van der Waals surface area contributed by atoms with Gasteiger partial charge in [-0.25, -0.2) is 9.40 Å². The van der Waals surface area contributed by atoms with Gasteiger partial charge in [-0.15, -0.1) is 0 Å². The van der Waals surface area contributed by atoms with Crippen LogP contribution in [0.4, 0.5) is 4.39 Å². The van der Waals surface area contributed by atoms with Crippen LogP contribution in [0.3, 0.4) is 0 Å². The van der Waals surface area contributed by atoms with Crippen LogP contribution in [0, 0.1) is 11.7 Å². The highest BCUT2D eigenvalue weighted by Gasteiger charge is 2.36. The third-order valence-electron chi connectivity index (χ3n) is 4.91. The van der Waals surface area contributed by atoms with E-state index in [0.717, 1.165) is 5.56 Å². The fraction of sp³-hybridized carbons (Fsp3) is 0.409. The molecule has 0 spiro atoms. The smallest absolute Gasteiger partial charge is 0.262 e. The second-order valence-electron chi connectivity index (χ2n) is 7.43. The van der Waals surface area contributed by atoms with Crippen LogP contribution in [0.25, 0.3) is 0 Å². The lowest BCUT2D eigenvalue weighted by Gasteiger charge is -2.27. The number of hydrogen-bond acceptors (Lipinski definition) is 5. The fourth-order valence-electron chi connectivity index (χ4n) is 3.33. The molecule has 7 nitrogen and oxygen atoms in total. The summed E-state index contributed by atoms with van der Waals surface area (Å²) in [6.45, 7) is 4.11. The number of hydrazone groups is 1. The van der Waals surface area contributed by atoms with E-state index in [4.69, 9.17) is 9.15 Å². The number of carbonyl (C=O) groups is 2. The van der Waals surface area contributed by atoms with Gasteiger partial charge in [-0.05, 0) is 29.8 Å². The molecule has 1 aromatic carbocycles. The average molecular weight is 415 g/mol. The maximum absolute atomic E-state index is 13.3. The molecule has 0 fully saturated rings. The van der Waals surface area contributed by atoms with Crippen molar-refractivity contribution >= 4 is 17.5 Å². The van der Waals surface area contributed by atoms with Crippen molar-refractivity contribution in [2.24, 2.45) is 11.0 Å². The Bertz CT molecular complexity index is 894. The zero-order valence-corrected chi connectivity index (χ0v) is 17.4. The van der Waals surface area contributed by atoms with Gasteiger partial charge < -0.3 is 14.1 Å². The van der Waals surface area contributed by atoms with Gasteiger partial charge in [0.1, 0.15) is 24.2 Å². The van der Waals surface area contributed by atoms with E-state index in [1.165, 1.54) is 22.0 Å². The van der Waals surface area contributed by atoms with Crippen LogP contribution in [0.2, 0.25) is 0 Å². The van der Waals surface area contributed by atoms with Gasteiger partial charge in [0.05, 0.1) is 18.6 Å². The van der Waals surface area contributed by atoms with Crippen molar-refractivity contribution in [2.45, 2.75) is 26.3 Å². The van der Waals surface area contributed by atoms with Crippen LogP contribution in [0.1, 0.15) is 37.6 Å². The zero-order chi connectivity index (χ0) is 21.7. The van der Waals surface area contributed by atoms with Gasteiger partial charge in [0.15, 0.2) is 0 Å². The maximum atomic E-state index is 13.3. The van der Waals surface area contributed by atoms with Crippen molar-refractivity contribution in [1.29, 1.82) is 0 Å². The number of amides is 2. The lowest BCUT2D eigenvalue weighted by molar-refractivity contribution is -0.144. The van der Waals surface area contributed by atoms with E-state index < -0.39 is 6.04 Å². The number of rotatable bonds is 8. The number of furan rings is 1. The summed E-state index contributed by atoms with van der Waals surface area (Å²) in [5, 5.41) is 5.88. The van der Waals surface area contributed by atoms with Gasteiger partial charge in [0.25, 0.3) is 5.91 Å². The lowest BCUT2D eigenvalue weighted by Crippen LogP contribution is -2.44. The van der Waals surface area contributed by atoms with Crippen molar-refractivity contribution in [3.8, 4) is 0 Å². The number of carbonyl (C=O) groups excluding carboxylic acids is 2. The first-order valence-electron chi connectivity index (χ1n) is 9.87.